The molecule has 0 unspecified atom stereocenters. The number of benzene rings is 2. The third kappa shape index (κ3) is 4.97. The van der Waals surface area contributed by atoms with Gasteiger partial charge in [0.15, 0.2) is 0 Å². The van der Waals surface area contributed by atoms with Gasteiger partial charge in [-0.05, 0) is 48.7 Å². The van der Waals surface area contributed by atoms with Crippen molar-refractivity contribution in [3.05, 3.63) is 64.7 Å². The SMILES string of the molecule is O=C(NCCCc1ccccc1Cl)c1ccc(N2CCOCC2)cc1. The molecule has 2 aromatic carbocycles. The highest BCUT2D eigenvalue weighted by atomic mass is 35.5. The Morgan fingerprint density at radius 3 is 2.52 bits per heavy atom. The molecule has 1 aliphatic rings. The fourth-order valence-electron chi connectivity index (χ4n) is 2.93. The molecule has 0 bridgehead atoms. The van der Waals surface area contributed by atoms with Crippen molar-refractivity contribution in [1.82, 2.24) is 5.32 Å². The maximum absolute atomic E-state index is 12.2. The van der Waals surface area contributed by atoms with E-state index in [0.29, 0.717) is 12.1 Å². The predicted octanol–water partition coefficient (Wildman–Crippen LogP) is 3.54. The van der Waals surface area contributed by atoms with Crippen molar-refractivity contribution < 1.29 is 9.53 Å². The van der Waals surface area contributed by atoms with E-state index in [1.54, 1.807) is 0 Å². The molecule has 1 saturated heterocycles. The number of carbonyl (C=O) groups is 1. The zero-order chi connectivity index (χ0) is 17.5. The number of nitrogens with zero attached hydrogens (tertiary/aromatic N) is 1. The monoisotopic (exact) mass is 358 g/mol. The number of rotatable bonds is 6. The summed E-state index contributed by atoms with van der Waals surface area (Å²) in [5.41, 5.74) is 2.95. The van der Waals surface area contributed by atoms with Gasteiger partial charge >= 0.3 is 0 Å². The molecule has 1 heterocycles. The zero-order valence-corrected chi connectivity index (χ0v) is 15.0. The van der Waals surface area contributed by atoms with Gasteiger partial charge in [-0.3, -0.25) is 4.79 Å². The minimum atomic E-state index is -0.0345. The Labute approximate surface area is 153 Å². The van der Waals surface area contributed by atoms with E-state index < -0.39 is 0 Å². The van der Waals surface area contributed by atoms with E-state index in [4.69, 9.17) is 16.3 Å². The van der Waals surface area contributed by atoms with Gasteiger partial charge in [0.25, 0.3) is 5.91 Å². The Kier molecular flexibility index (Phi) is 6.31. The Bertz CT molecular complexity index is 697. The lowest BCUT2D eigenvalue weighted by Gasteiger charge is -2.28. The highest BCUT2D eigenvalue weighted by Crippen LogP contribution is 2.17. The van der Waals surface area contributed by atoms with Crippen LogP contribution in [0.2, 0.25) is 5.02 Å². The molecule has 3 rings (SSSR count). The maximum Gasteiger partial charge on any atom is 0.251 e. The van der Waals surface area contributed by atoms with E-state index in [0.717, 1.165) is 55.4 Å². The average molecular weight is 359 g/mol. The third-order valence-corrected chi connectivity index (χ3v) is 4.74. The minimum Gasteiger partial charge on any atom is -0.378 e. The predicted molar refractivity (Wildman–Crippen MR) is 102 cm³/mol. The van der Waals surface area contributed by atoms with Gasteiger partial charge in [0, 0.05) is 35.9 Å². The number of morpholine rings is 1. The van der Waals surface area contributed by atoms with Gasteiger partial charge in [-0.1, -0.05) is 29.8 Å². The van der Waals surface area contributed by atoms with Crippen LogP contribution >= 0.6 is 11.6 Å². The summed E-state index contributed by atoms with van der Waals surface area (Å²) in [4.78, 5) is 14.5. The lowest BCUT2D eigenvalue weighted by Crippen LogP contribution is -2.36. The topological polar surface area (TPSA) is 41.6 Å². The molecule has 5 heteroatoms. The number of hydrogen-bond acceptors (Lipinski definition) is 3. The van der Waals surface area contributed by atoms with Crippen molar-refractivity contribution in [2.45, 2.75) is 12.8 Å². The Hall–Kier alpha value is -2.04. The molecule has 0 saturated carbocycles. The first-order valence-electron chi connectivity index (χ1n) is 8.68. The van der Waals surface area contributed by atoms with E-state index in [1.165, 1.54) is 0 Å². The molecular formula is C20H23ClN2O2. The van der Waals surface area contributed by atoms with Crippen LogP contribution < -0.4 is 10.2 Å². The number of amides is 1. The summed E-state index contributed by atoms with van der Waals surface area (Å²) >= 11 is 6.14. The summed E-state index contributed by atoms with van der Waals surface area (Å²) in [6, 6.07) is 15.6. The number of anilines is 1. The van der Waals surface area contributed by atoms with E-state index in [2.05, 4.69) is 10.2 Å². The van der Waals surface area contributed by atoms with Crippen LogP contribution in [0.15, 0.2) is 48.5 Å². The molecule has 1 aliphatic heterocycles. The van der Waals surface area contributed by atoms with E-state index in [9.17, 15) is 4.79 Å². The number of nitrogens with one attached hydrogen (secondary N) is 1. The second-order valence-corrected chi connectivity index (χ2v) is 6.50. The molecule has 0 atom stereocenters. The third-order valence-electron chi connectivity index (χ3n) is 4.37. The van der Waals surface area contributed by atoms with Crippen molar-refractivity contribution in [1.29, 1.82) is 0 Å². The minimum absolute atomic E-state index is 0.0345. The molecule has 25 heavy (non-hydrogen) atoms. The molecular weight excluding hydrogens is 336 g/mol. The van der Waals surface area contributed by atoms with Crippen molar-refractivity contribution in [3.63, 3.8) is 0 Å². The van der Waals surface area contributed by atoms with Crippen LogP contribution in [0.1, 0.15) is 22.3 Å². The first-order valence-corrected chi connectivity index (χ1v) is 9.06. The van der Waals surface area contributed by atoms with Gasteiger partial charge in [0.1, 0.15) is 0 Å². The number of halogens is 1. The zero-order valence-electron chi connectivity index (χ0n) is 14.2. The molecule has 1 amide bonds. The second-order valence-electron chi connectivity index (χ2n) is 6.10. The van der Waals surface area contributed by atoms with Crippen molar-refractivity contribution >= 4 is 23.2 Å². The second kappa shape index (κ2) is 8.88. The van der Waals surface area contributed by atoms with Crippen LogP contribution in [0.25, 0.3) is 0 Å². The van der Waals surface area contributed by atoms with Gasteiger partial charge in [-0.2, -0.15) is 0 Å². The standard InChI is InChI=1S/C20H23ClN2O2/c21-19-6-2-1-4-16(19)5-3-11-22-20(24)17-7-9-18(10-8-17)23-12-14-25-15-13-23/h1-2,4,6-10H,3,5,11-15H2,(H,22,24). The number of aryl methyl sites for hydroxylation is 1. The van der Waals surface area contributed by atoms with Crippen LogP contribution in [0.5, 0.6) is 0 Å². The van der Waals surface area contributed by atoms with E-state index in [-0.39, 0.29) is 5.91 Å². The highest BCUT2D eigenvalue weighted by Gasteiger charge is 2.12. The van der Waals surface area contributed by atoms with Gasteiger partial charge in [0.2, 0.25) is 0 Å². The van der Waals surface area contributed by atoms with Crippen LogP contribution in [0.3, 0.4) is 0 Å². The van der Waals surface area contributed by atoms with Gasteiger partial charge < -0.3 is 15.0 Å². The van der Waals surface area contributed by atoms with E-state index in [1.807, 2.05) is 48.5 Å². The van der Waals surface area contributed by atoms with Crippen LogP contribution in [-0.4, -0.2) is 38.8 Å². The van der Waals surface area contributed by atoms with Gasteiger partial charge in [0.05, 0.1) is 13.2 Å². The van der Waals surface area contributed by atoms with Gasteiger partial charge in [-0.25, -0.2) is 0 Å². The highest BCUT2D eigenvalue weighted by molar-refractivity contribution is 6.31. The lowest BCUT2D eigenvalue weighted by molar-refractivity contribution is 0.0953. The molecule has 2 aromatic rings. The molecule has 132 valence electrons. The lowest BCUT2D eigenvalue weighted by atomic mass is 10.1. The average Bonchev–Trinajstić information content (AvgIpc) is 2.67. The van der Waals surface area contributed by atoms with Crippen LogP contribution in [-0.2, 0) is 11.2 Å². The summed E-state index contributed by atoms with van der Waals surface area (Å²) in [6.45, 7) is 3.94. The summed E-state index contributed by atoms with van der Waals surface area (Å²) in [6.07, 6.45) is 1.72. The Morgan fingerprint density at radius 2 is 1.80 bits per heavy atom. The summed E-state index contributed by atoms with van der Waals surface area (Å²) in [5.74, 6) is -0.0345. The van der Waals surface area contributed by atoms with Crippen molar-refractivity contribution in [3.8, 4) is 0 Å². The fourth-order valence-corrected chi connectivity index (χ4v) is 3.16. The number of carbonyl (C=O) groups excluding carboxylic acids is 1. The Balaban J connectivity index is 1.45. The van der Waals surface area contributed by atoms with E-state index >= 15 is 0 Å². The first-order chi connectivity index (χ1) is 12.2. The maximum atomic E-state index is 12.2. The summed E-state index contributed by atoms with van der Waals surface area (Å²) < 4.78 is 5.36. The molecule has 0 aromatic heterocycles. The Morgan fingerprint density at radius 1 is 1.08 bits per heavy atom. The largest absolute Gasteiger partial charge is 0.378 e. The summed E-state index contributed by atoms with van der Waals surface area (Å²) in [7, 11) is 0. The van der Waals surface area contributed by atoms with Crippen molar-refractivity contribution in [2.24, 2.45) is 0 Å². The number of hydrogen-bond donors (Lipinski definition) is 1. The molecule has 0 aliphatic carbocycles. The quantitative estimate of drug-likeness (QED) is 0.803. The molecule has 4 nitrogen and oxygen atoms in total. The smallest absolute Gasteiger partial charge is 0.251 e. The van der Waals surface area contributed by atoms with Crippen molar-refractivity contribution in [2.75, 3.05) is 37.7 Å². The number of ether oxygens (including phenoxy) is 1. The van der Waals surface area contributed by atoms with Gasteiger partial charge in [-0.15, -0.1) is 0 Å². The molecule has 1 N–H and O–H groups in total. The summed E-state index contributed by atoms with van der Waals surface area (Å²) in [5, 5.41) is 3.76. The first kappa shape index (κ1) is 17.8. The van der Waals surface area contributed by atoms with Crippen LogP contribution in [0.4, 0.5) is 5.69 Å². The van der Waals surface area contributed by atoms with Crippen LogP contribution in [0, 0.1) is 0 Å². The molecule has 1 fully saturated rings. The molecule has 0 radical (unpaired) electrons. The normalized spacial score (nSPS) is 14.4. The fraction of sp³-hybridized carbons (Fsp3) is 0.350. The molecule has 0 spiro atoms.